The molecule has 0 N–H and O–H groups in total. The Morgan fingerprint density at radius 2 is 0.825 bits per heavy atom. The predicted molar refractivity (Wildman–Crippen MR) is 157 cm³/mol. The average molecular weight is 539 g/mol. The molecule has 2 unspecified atom stereocenters. The fourth-order valence-electron chi connectivity index (χ4n) is 4.51. The molecule has 4 rings (SSSR count). The molecular weight excluding hydrogens is 500 g/mol. The van der Waals surface area contributed by atoms with Gasteiger partial charge in [-0.15, -0.1) is 0 Å². The first-order valence-corrected chi connectivity index (χ1v) is 13.6. The molecule has 0 bridgehead atoms. The van der Waals surface area contributed by atoms with Crippen molar-refractivity contribution in [3.63, 3.8) is 0 Å². The standard InChI is InChI=1S/C35H38O5/c1-34(31-19-11-5-12-20-31,25-37-23-29-15-7-3-8-16-29)27-39-33(36)40-28-35(2,32-21-13-6-14-22-32)26-38-24-30-17-9-4-10-18-30/h3-22H,23-28H2,1-2H3. The van der Waals surface area contributed by atoms with Gasteiger partial charge < -0.3 is 18.9 Å². The highest BCUT2D eigenvalue weighted by molar-refractivity contribution is 5.60. The molecule has 0 heterocycles. The van der Waals surface area contributed by atoms with E-state index in [0.29, 0.717) is 26.4 Å². The van der Waals surface area contributed by atoms with E-state index in [1.165, 1.54) is 0 Å². The van der Waals surface area contributed by atoms with Crippen molar-refractivity contribution < 1.29 is 23.7 Å². The summed E-state index contributed by atoms with van der Waals surface area (Å²) < 4.78 is 23.5. The van der Waals surface area contributed by atoms with Crippen LogP contribution >= 0.6 is 0 Å². The molecule has 5 heteroatoms. The average Bonchev–Trinajstić information content (AvgIpc) is 3.01. The Bertz CT molecular complexity index is 1180. The number of hydrogen-bond acceptors (Lipinski definition) is 5. The van der Waals surface area contributed by atoms with Crippen LogP contribution in [0.5, 0.6) is 0 Å². The van der Waals surface area contributed by atoms with Crippen LogP contribution in [0.25, 0.3) is 0 Å². The van der Waals surface area contributed by atoms with E-state index in [1.807, 2.05) is 135 Å². The van der Waals surface area contributed by atoms with Gasteiger partial charge in [0.15, 0.2) is 0 Å². The minimum Gasteiger partial charge on any atom is -0.433 e. The minimum atomic E-state index is -0.713. The van der Waals surface area contributed by atoms with Gasteiger partial charge in [-0.25, -0.2) is 4.79 Å². The second-order valence-corrected chi connectivity index (χ2v) is 10.6. The molecule has 0 saturated heterocycles. The Hall–Kier alpha value is -3.93. The molecule has 40 heavy (non-hydrogen) atoms. The number of hydrogen-bond donors (Lipinski definition) is 0. The summed E-state index contributed by atoms with van der Waals surface area (Å²) in [5, 5.41) is 0. The molecule has 0 aliphatic heterocycles. The Labute approximate surface area is 237 Å². The van der Waals surface area contributed by atoms with Crippen LogP contribution in [-0.2, 0) is 43.0 Å². The largest absolute Gasteiger partial charge is 0.508 e. The fraction of sp³-hybridized carbons (Fsp3) is 0.286. The first kappa shape index (κ1) is 29.1. The fourth-order valence-corrected chi connectivity index (χ4v) is 4.51. The molecule has 4 aromatic rings. The third-order valence-corrected chi connectivity index (χ3v) is 7.02. The van der Waals surface area contributed by atoms with E-state index in [-0.39, 0.29) is 13.2 Å². The first-order valence-electron chi connectivity index (χ1n) is 13.6. The van der Waals surface area contributed by atoms with Crippen LogP contribution in [0.4, 0.5) is 4.79 Å². The van der Waals surface area contributed by atoms with E-state index in [4.69, 9.17) is 18.9 Å². The Morgan fingerprint density at radius 3 is 1.18 bits per heavy atom. The van der Waals surface area contributed by atoms with Crippen molar-refractivity contribution in [2.24, 2.45) is 0 Å². The summed E-state index contributed by atoms with van der Waals surface area (Å²) in [6.07, 6.45) is -0.713. The maximum atomic E-state index is 12.9. The molecular formula is C35H38O5. The smallest absolute Gasteiger partial charge is 0.433 e. The molecule has 2 atom stereocenters. The van der Waals surface area contributed by atoms with Crippen molar-refractivity contribution in [1.29, 1.82) is 0 Å². The van der Waals surface area contributed by atoms with E-state index in [1.54, 1.807) is 0 Å². The van der Waals surface area contributed by atoms with Crippen molar-refractivity contribution in [3.05, 3.63) is 144 Å². The van der Waals surface area contributed by atoms with Gasteiger partial charge in [0, 0.05) is 0 Å². The van der Waals surface area contributed by atoms with Crippen LogP contribution < -0.4 is 0 Å². The second kappa shape index (κ2) is 14.5. The van der Waals surface area contributed by atoms with E-state index in [9.17, 15) is 4.79 Å². The maximum absolute atomic E-state index is 12.9. The van der Waals surface area contributed by atoms with Crippen molar-refractivity contribution >= 4 is 6.16 Å². The van der Waals surface area contributed by atoms with E-state index < -0.39 is 17.0 Å². The summed E-state index contributed by atoms with van der Waals surface area (Å²) in [5.41, 5.74) is 3.15. The van der Waals surface area contributed by atoms with E-state index >= 15 is 0 Å². The van der Waals surface area contributed by atoms with E-state index in [2.05, 4.69) is 0 Å². The molecule has 0 aliphatic rings. The monoisotopic (exact) mass is 538 g/mol. The number of rotatable bonds is 14. The summed E-state index contributed by atoms with van der Waals surface area (Å²) in [6, 6.07) is 40.0. The van der Waals surface area contributed by atoms with Crippen molar-refractivity contribution in [1.82, 2.24) is 0 Å². The van der Waals surface area contributed by atoms with Crippen molar-refractivity contribution in [2.45, 2.75) is 37.9 Å². The van der Waals surface area contributed by atoms with Gasteiger partial charge in [-0.05, 0) is 36.1 Å². The molecule has 0 radical (unpaired) electrons. The lowest BCUT2D eigenvalue weighted by Gasteiger charge is -2.31. The van der Waals surface area contributed by atoms with Gasteiger partial charge in [-0.1, -0.05) is 121 Å². The van der Waals surface area contributed by atoms with Gasteiger partial charge in [0.25, 0.3) is 0 Å². The van der Waals surface area contributed by atoms with Crippen LogP contribution in [-0.4, -0.2) is 32.6 Å². The van der Waals surface area contributed by atoms with Gasteiger partial charge in [-0.2, -0.15) is 0 Å². The highest BCUT2D eigenvalue weighted by Gasteiger charge is 2.32. The first-order chi connectivity index (χ1) is 19.5. The quantitative estimate of drug-likeness (QED) is 0.156. The number of ether oxygens (including phenoxy) is 4. The van der Waals surface area contributed by atoms with Crippen molar-refractivity contribution in [3.8, 4) is 0 Å². The lowest BCUT2D eigenvalue weighted by atomic mass is 9.84. The van der Waals surface area contributed by atoms with Crippen LogP contribution in [0.2, 0.25) is 0 Å². The third-order valence-electron chi connectivity index (χ3n) is 7.02. The zero-order valence-corrected chi connectivity index (χ0v) is 23.3. The molecule has 0 saturated carbocycles. The summed E-state index contributed by atoms with van der Waals surface area (Å²) in [5.74, 6) is 0. The van der Waals surface area contributed by atoms with Gasteiger partial charge in [0.2, 0.25) is 0 Å². The maximum Gasteiger partial charge on any atom is 0.508 e. The van der Waals surface area contributed by atoms with Crippen LogP contribution in [0.15, 0.2) is 121 Å². The molecule has 0 aromatic heterocycles. The predicted octanol–water partition coefficient (Wildman–Crippen LogP) is 7.49. The van der Waals surface area contributed by atoms with Crippen LogP contribution in [0, 0.1) is 0 Å². The SMILES string of the molecule is CC(COCc1ccccc1)(COC(=O)OCC(C)(COCc1ccccc1)c1ccccc1)c1ccccc1. The van der Waals surface area contributed by atoms with Crippen LogP contribution in [0.1, 0.15) is 36.1 Å². The van der Waals surface area contributed by atoms with Gasteiger partial charge in [0.05, 0.1) is 37.3 Å². The summed E-state index contributed by atoms with van der Waals surface area (Å²) in [7, 11) is 0. The second-order valence-electron chi connectivity index (χ2n) is 10.6. The molecule has 4 aromatic carbocycles. The number of carbonyl (C=O) groups excluding carboxylic acids is 1. The summed E-state index contributed by atoms with van der Waals surface area (Å²) in [4.78, 5) is 12.9. The Balaban J connectivity index is 1.36. The normalized spacial score (nSPS) is 14.1. The van der Waals surface area contributed by atoms with Gasteiger partial charge in [0.1, 0.15) is 13.2 Å². The molecule has 0 spiro atoms. The highest BCUT2D eigenvalue weighted by atomic mass is 16.7. The molecule has 208 valence electrons. The molecule has 0 amide bonds. The highest BCUT2D eigenvalue weighted by Crippen LogP contribution is 2.27. The summed E-state index contributed by atoms with van der Waals surface area (Å²) in [6.45, 7) is 6.04. The third kappa shape index (κ3) is 8.54. The Kier molecular flexibility index (Phi) is 10.5. The number of benzene rings is 4. The summed E-state index contributed by atoms with van der Waals surface area (Å²) >= 11 is 0. The zero-order chi connectivity index (χ0) is 28.1. The lowest BCUT2D eigenvalue weighted by molar-refractivity contribution is -0.00760. The van der Waals surface area contributed by atoms with Crippen LogP contribution in [0.3, 0.4) is 0 Å². The number of carbonyl (C=O) groups is 1. The van der Waals surface area contributed by atoms with Gasteiger partial charge in [-0.3, -0.25) is 0 Å². The van der Waals surface area contributed by atoms with Gasteiger partial charge >= 0.3 is 6.16 Å². The molecule has 0 aliphatic carbocycles. The van der Waals surface area contributed by atoms with E-state index in [0.717, 1.165) is 22.3 Å². The minimum absolute atomic E-state index is 0.122. The van der Waals surface area contributed by atoms with Crippen molar-refractivity contribution in [2.75, 3.05) is 26.4 Å². The zero-order valence-electron chi connectivity index (χ0n) is 23.3. The molecule has 0 fully saturated rings. The lowest BCUT2D eigenvalue weighted by Crippen LogP contribution is -2.37. The Morgan fingerprint density at radius 1 is 0.500 bits per heavy atom. The topological polar surface area (TPSA) is 54.0 Å². The molecule has 5 nitrogen and oxygen atoms in total.